The molecular formula is C23H32N4O4. The summed E-state index contributed by atoms with van der Waals surface area (Å²) in [6.07, 6.45) is 4.24. The third-order valence-electron chi connectivity index (χ3n) is 7.10. The molecule has 0 aromatic heterocycles. The number of amides is 4. The zero-order valence-electron chi connectivity index (χ0n) is 17.9. The van der Waals surface area contributed by atoms with Crippen LogP contribution >= 0.6 is 0 Å². The van der Waals surface area contributed by atoms with Gasteiger partial charge < -0.3 is 14.7 Å². The quantitative estimate of drug-likeness (QED) is 0.569. The van der Waals surface area contributed by atoms with Crippen LogP contribution in [0.1, 0.15) is 43.6 Å². The number of benzene rings is 1. The van der Waals surface area contributed by atoms with Crippen LogP contribution in [0.5, 0.6) is 0 Å². The molecule has 3 aliphatic heterocycles. The van der Waals surface area contributed by atoms with Gasteiger partial charge in [0.1, 0.15) is 0 Å². The molecule has 2 atom stereocenters. The summed E-state index contributed by atoms with van der Waals surface area (Å²) in [5.74, 6) is -1.42. The van der Waals surface area contributed by atoms with Crippen LogP contribution in [0, 0.1) is 11.8 Å². The fourth-order valence-corrected chi connectivity index (χ4v) is 5.27. The van der Waals surface area contributed by atoms with Crippen molar-refractivity contribution >= 4 is 17.8 Å². The second kappa shape index (κ2) is 9.68. The van der Waals surface area contributed by atoms with E-state index in [0.29, 0.717) is 32.0 Å². The topological polar surface area (TPSA) is 93.2 Å². The van der Waals surface area contributed by atoms with E-state index in [1.54, 1.807) is 10.4 Å². The summed E-state index contributed by atoms with van der Waals surface area (Å²) < 4.78 is 0. The number of carbonyl (C=O) groups is 3. The summed E-state index contributed by atoms with van der Waals surface area (Å²) in [6, 6.07) is 10.3. The lowest BCUT2D eigenvalue weighted by Crippen LogP contribution is -2.56. The molecule has 168 valence electrons. The van der Waals surface area contributed by atoms with Crippen molar-refractivity contribution in [3.8, 4) is 0 Å². The number of hydrogen-bond donors (Lipinski definition) is 2. The Balaban J connectivity index is 1.39. The molecule has 0 radical (unpaired) electrons. The van der Waals surface area contributed by atoms with E-state index in [1.165, 1.54) is 5.56 Å². The number of hydroxylamine groups is 1. The molecule has 3 saturated heterocycles. The van der Waals surface area contributed by atoms with Crippen LogP contribution < -0.4 is 5.48 Å². The molecule has 8 nitrogen and oxygen atoms in total. The van der Waals surface area contributed by atoms with E-state index >= 15 is 0 Å². The van der Waals surface area contributed by atoms with E-state index in [0.717, 1.165) is 38.8 Å². The van der Waals surface area contributed by atoms with Gasteiger partial charge in [-0.1, -0.05) is 30.3 Å². The first-order chi connectivity index (χ1) is 15.1. The molecule has 3 aliphatic rings. The molecule has 0 bridgehead atoms. The molecule has 0 saturated carbocycles. The molecule has 4 amide bonds. The molecule has 2 N–H and O–H groups in total. The second-order valence-electron chi connectivity index (χ2n) is 8.91. The summed E-state index contributed by atoms with van der Waals surface area (Å²) in [7, 11) is 0. The fourth-order valence-electron chi connectivity index (χ4n) is 5.27. The van der Waals surface area contributed by atoms with Gasteiger partial charge in [0.25, 0.3) is 0 Å². The summed E-state index contributed by atoms with van der Waals surface area (Å²) in [5.41, 5.74) is 3.03. The Morgan fingerprint density at radius 1 is 0.806 bits per heavy atom. The van der Waals surface area contributed by atoms with Crippen molar-refractivity contribution in [2.24, 2.45) is 11.8 Å². The van der Waals surface area contributed by atoms with E-state index in [9.17, 15) is 19.6 Å². The van der Waals surface area contributed by atoms with Crippen LogP contribution in [0.4, 0.5) is 4.79 Å². The Kier molecular flexibility index (Phi) is 6.75. The van der Waals surface area contributed by atoms with E-state index in [-0.39, 0.29) is 18.5 Å². The van der Waals surface area contributed by atoms with Crippen LogP contribution in [0.3, 0.4) is 0 Å². The van der Waals surface area contributed by atoms with E-state index in [4.69, 9.17) is 0 Å². The number of piperidine rings is 2. The average Bonchev–Trinajstić information content (AvgIpc) is 3.38. The van der Waals surface area contributed by atoms with Crippen molar-refractivity contribution in [3.63, 3.8) is 0 Å². The van der Waals surface area contributed by atoms with Crippen molar-refractivity contribution < 1.29 is 19.6 Å². The molecule has 3 heterocycles. The highest BCUT2D eigenvalue weighted by Crippen LogP contribution is 2.32. The SMILES string of the molecule is O=C(NO)C1CN(C(=O)N2CCCC2)CCC1C(=O)N1CCC(c2ccccc2)CC1. The number of hydrogen-bond acceptors (Lipinski definition) is 4. The maximum atomic E-state index is 13.3. The van der Waals surface area contributed by atoms with Crippen molar-refractivity contribution in [3.05, 3.63) is 35.9 Å². The third kappa shape index (κ3) is 4.69. The monoisotopic (exact) mass is 428 g/mol. The highest BCUT2D eigenvalue weighted by Gasteiger charge is 2.43. The summed E-state index contributed by atoms with van der Waals surface area (Å²) in [5, 5.41) is 9.26. The summed E-state index contributed by atoms with van der Waals surface area (Å²) in [4.78, 5) is 43.8. The Hall–Kier alpha value is -2.61. The lowest BCUT2D eigenvalue weighted by Gasteiger charge is -2.41. The van der Waals surface area contributed by atoms with Crippen LogP contribution in [0.2, 0.25) is 0 Å². The lowest BCUT2D eigenvalue weighted by atomic mass is 9.82. The standard InChI is InChI=1S/C23H32N4O4/c28-21(24-31)20-16-27(23(30)26-11-4-5-12-26)15-10-19(20)22(29)25-13-8-18(9-14-25)17-6-2-1-3-7-17/h1-3,6-7,18-20,31H,4-5,8-16H2,(H,24,28). The maximum absolute atomic E-state index is 13.3. The molecule has 0 aliphatic carbocycles. The van der Waals surface area contributed by atoms with Crippen molar-refractivity contribution in [1.82, 2.24) is 20.2 Å². The first kappa shape index (κ1) is 21.6. The summed E-state index contributed by atoms with van der Waals surface area (Å²) in [6.45, 7) is 3.44. The highest BCUT2D eigenvalue weighted by molar-refractivity contribution is 5.88. The number of urea groups is 1. The third-order valence-corrected chi connectivity index (χ3v) is 7.10. The van der Waals surface area contributed by atoms with Gasteiger partial charge in [0.2, 0.25) is 11.8 Å². The predicted molar refractivity (Wildman–Crippen MR) is 114 cm³/mol. The van der Waals surface area contributed by atoms with Gasteiger partial charge in [-0.05, 0) is 43.6 Å². The molecule has 2 unspecified atom stereocenters. The zero-order valence-corrected chi connectivity index (χ0v) is 17.9. The lowest BCUT2D eigenvalue weighted by molar-refractivity contribution is -0.148. The highest BCUT2D eigenvalue weighted by atomic mass is 16.5. The number of carbonyl (C=O) groups excluding carboxylic acids is 3. The minimum Gasteiger partial charge on any atom is -0.342 e. The molecular weight excluding hydrogens is 396 g/mol. The number of nitrogens with zero attached hydrogens (tertiary/aromatic N) is 3. The van der Waals surface area contributed by atoms with Gasteiger partial charge in [-0.3, -0.25) is 14.8 Å². The van der Waals surface area contributed by atoms with E-state index < -0.39 is 17.7 Å². The maximum Gasteiger partial charge on any atom is 0.320 e. The minimum absolute atomic E-state index is 0.0339. The van der Waals surface area contributed by atoms with Crippen LogP contribution in [0.15, 0.2) is 30.3 Å². The first-order valence-electron chi connectivity index (χ1n) is 11.4. The molecule has 1 aromatic carbocycles. The number of likely N-dealkylation sites (tertiary alicyclic amines) is 3. The van der Waals surface area contributed by atoms with Gasteiger partial charge in [0.15, 0.2) is 0 Å². The van der Waals surface area contributed by atoms with Gasteiger partial charge >= 0.3 is 6.03 Å². The predicted octanol–water partition coefficient (Wildman–Crippen LogP) is 2.05. The Labute approximate surface area is 183 Å². The van der Waals surface area contributed by atoms with Crippen LogP contribution in [-0.2, 0) is 9.59 Å². The number of rotatable bonds is 3. The van der Waals surface area contributed by atoms with Crippen molar-refractivity contribution in [2.75, 3.05) is 39.3 Å². The largest absolute Gasteiger partial charge is 0.342 e. The van der Waals surface area contributed by atoms with Crippen molar-refractivity contribution in [1.29, 1.82) is 0 Å². The molecule has 8 heteroatoms. The molecule has 3 fully saturated rings. The normalized spacial score (nSPS) is 24.9. The summed E-state index contributed by atoms with van der Waals surface area (Å²) >= 11 is 0. The Bertz CT molecular complexity index is 788. The average molecular weight is 429 g/mol. The fraction of sp³-hybridized carbons (Fsp3) is 0.609. The van der Waals surface area contributed by atoms with E-state index in [1.807, 2.05) is 28.0 Å². The molecule has 4 rings (SSSR count). The Morgan fingerprint density at radius 3 is 2.10 bits per heavy atom. The Morgan fingerprint density at radius 2 is 1.45 bits per heavy atom. The van der Waals surface area contributed by atoms with Gasteiger partial charge in [0.05, 0.1) is 11.8 Å². The van der Waals surface area contributed by atoms with E-state index in [2.05, 4.69) is 12.1 Å². The number of nitrogens with one attached hydrogen (secondary N) is 1. The smallest absolute Gasteiger partial charge is 0.320 e. The van der Waals surface area contributed by atoms with Gasteiger partial charge in [-0.2, -0.15) is 0 Å². The second-order valence-corrected chi connectivity index (χ2v) is 8.91. The van der Waals surface area contributed by atoms with Gasteiger partial charge in [0, 0.05) is 39.3 Å². The van der Waals surface area contributed by atoms with Crippen LogP contribution in [0.25, 0.3) is 0 Å². The molecule has 31 heavy (non-hydrogen) atoms. The molecule has 1 aromatic rings. The van der Waals surface area contributed by atoms with Crippen LogP contribution in [-0.4, -0.2) is 77.0 Å². The zero-order chi connectivity index (χ0) is 21.8. The minimum atomic E-state index is -0.732. The van der Waals surface area contributed by atoms with Gasteiger partial charge in [-0.25, -0.2) is 10.3 Å². The molecule has 0 spiro atoms. The first-order valence-corrected chi connectivity index (χ1v) is 11.4. The van der Waals surface area contributed by atoms with Crippen molar-refractivity contribution in [2.45, 2.75) is 38.0 Å². The van der Waals surface area contributed by atoms with Gasteiger partial charge in [-0.15, -0.1) is 0 Å².